The minimum atomic E-state index is -0.457. The molecule has 0 N–H and O–H groups in total. The van der Waals surface area contributed by atoms with Crippen molar-refractivity contribution in [1.82, 2.24) is 4.98 Å². The summed E-state index contributed by atoms with van der Waals surface area (Å²) < 4.78 is 10.5. The van der Waals surface area contributed by atoms with Crippen LogP contribution in [-0.4, -0.2) is 18.1 Å². The minimum absolute atomic E-state index is 0.0350. The fraction of sp³-hybridized carbons (Fsp3) is 0.105. The van der Waals surface area contributed by atoms with Crippen LogP contribution in [0.4, 0.5) is 0 Å². The highest BCUT2D eigenvalue weighted by Gasteiger charge is 2.14. The highest BCUT2D eigenvalue weighted by atomic mass is 35.5. The number of carbonyl (C=O) groups excluding carboxylic acids is 1. The Kier molecular flexibility index (Phi) is 5.52. The zero-order valence-electron chi connectivity index (χ0n) is 13.7. The van der Waals surface area contributed by atoms with Gasteiger partial charge in [-0.2, -0.15) is 5.26 Å². The molecular formula is C19H13ClN2O3S. The first-order valence-electron chi connectivity index (χ1n) is 7.58. The lowest BCUT2D eigenvalue weighted by atomic mass is 10.2. The van der Waals surface area contributed by atoms with E-state index in [1.54, 1.807) is 18.2 Å². The molecule has 0 atom stereocenters. The number of hydrogen-bond acceptors (Lipinski definition) is 6. The van der Waals surface area contributed by atoms with Gasteiger partial charge in [-0.25, -0.2) is 4.98 Å². The first kappa shape index (κ1) is 17.9. The Morgan fingerprint density at radius 2 is 2.00 bits per heavy atom. The molecule has 3 rings (SSSR count). The maximum Gasteiger partial charge on any atom is 0.317 e. The average molecular weight is 385 g/mol. The van der Waals surface area contributed by atoms with Crippen LogP contribution >= 0.6 is 22.9 Å². The standard InChI is InChI=1S/C19H13ClN2O3S/c1-24-17-8-12(10-21)2-7-16(17)25-18(23)9-15-11-26-19(22-15)13-3-5-14(20)6-4-13/h2-8,11H,9H2,1H3. The summed E-state index contributed by atoms with van der Waals surface area (Å²) in [4.78, 5) is 16.7. The summed E-state index contributed by atoms with van der Waals surface area (Å²) in [7, 11) is 1.45. The number of carbonyl (C=O) groups is 1. The molecule has 0 bridgehead atoms. The second-order valence-electron chi connectivity index (χ2n) is 5.28. The Bertz CT molecular complexity index is 977. The Morgan fingerprint density at radius 3 is 2.69 bits per heavy atom. The summed E-state index contributed by atoms with van der Waals surface area (Å²) in [5, 5.41) is 12.2. The number of esters is 1. The van der Waals surface area contributed by atoms with Gasteiger partial charge in [0.1, 0.15) is 5.01 Å². The van der Waals surface area contributed by atoms with Crippen molar-refractivity contribution in [3.8, 4) is 28.1 Å². The van der Waals surface area contributed by atoms with E-state index in [1.807, 2.05) is 23.6 Å². The van der Waals surface area contributed by atoms with Crippen LogP contribution in [0.1, 0.15) is 11.3 Å². The normalized spacial score (nSPS) is 10.2. The summed E-state index contributed by atoms with van der Waals surface area (Å²) in [6.45, 7) is 0. The molecule has 1 aromatic heterocycles. The van der Waals surface area contributed by atoms with E-state index in [0.717, 1.165) is 10.6 Å². The Hall–Kier alpha value is -2.88. The predicted octanol–water partition coefficient (Wildman–Crippen LogP) is 4.49. The molecule has 0 aliphatic carbocycles. The van der Waals surface area contributed by atoms with E-state index in [4.69, 9.17) is 26.3 Å². The smallest absolute Gasteiger partial charge is 0.317 e. The number of methoxy groups -OCH3 is 1. The van der Waals surface area contributed by atoms with Crippen molar-refractivity contribution in [2.24, 2.45) is 0 Å². The zero-order valence-corrected chi connectivity index (χ0v) is 15.3. The largest absolute Gasteiger partial charge is 0.493 e. The SMILES string of the molecule is COc1cc(C#N)ccc1OC(=O)Cc1csc(-c2ccc(Cl)cc2)n1. The first-order valence-corrected chi connectivity index (χ1v) is 8.84. The van der Waals surface area contributed by atoms with Crippen molar-refractivity contribution in [3.05, 3.63) is 64.1 Å². The van der Waals surface area contributed by atoms with E-state index in [-0.39, 0.29) is 12.2 Å². The van der Waals surface area contributed by atoms with Crippen molar-refractivity contribution in [3.63, 3.8) is 0 Å². The summed E-state index contributed by atoms with van der Waals surface area (Å²) in [6.07, 6.45) is 0.0350. The van der Waals surface area contributed by atoms with Gasteiger partial charge in [0, 0.05) is 22.0 Å². The van der Waals surface area contributed by atoms with Gasteiger partial charge in [-0.1, -0.05) is 23.7 Å². The summed E-state index contributed by atoms with van der Waals surface area (Å²) in [5.41, 5.74) is 1.99. The van der Waals surface area contributed by atoms with Gasteiger partial charge in [0.2, 0.25) is 0 Å². The third-order valence-corrected chi connectivity index (χ3v) is 4.68. The summed E-state index contributed by atoms with van der Waals surface area (Å²) in [5.74, 6) is 0.142. The lowest BCUT2D eigenvalue weighted by Gasteiger charge is -2.08. The molecule has 0 amide bonds. The third kappa shape index (κ3) is 4.20. The Balaban J connectivity index is 1.69. The molecule has 2 aromatic carbocycles. The number of hydrogen-bond donors (Lipinski definition) is 0. The van der Waals surface area contributed by atoms with Crippen LogP contribution < -0.4 is 9.47 Å². The number of halogens is 1. The van der Waals surface area contributed by atoms with E-state index >= 15 is 0 Å². The number of aromatic nitrogens is 1. The van der Waals surface area contributed by atoms with Gasteiger partial charge in [-0.3, -0.25) is 4.79 Å². The Morgan fingerprint density at radius 1 is 1.23 bits per heavy atom. The maximum atomic E-state index is 12.2. The fourth-order valence-corrected chi connectivity index (χ4v) is 3.19. The van der Waals surface area contributed by atoms with Gasteiger partial charge in [-0.05, 0) is 24.3 Å². The molecule has 0 aliphatic rings. The quantitative estimate of drug-likeness (QED) is 0.478. The van der Waals surface area contributed by atoms with Crippen molar-refractivity contribution in [2.75, 3.05) is 7.11 Å². The topological polar surface area (TPSA) is 72.2 Å². The second kappa shape index (κ2) is 8.00. The van der Waals surface area contributed by atoms with Gasteiger partial charge in [0.15, 0.2) is 11.5 Å². The lowest BCUT2D eigenvalue weighted by Crippen LogP contribution is -2.12. The van der Waals surface area contributed by atoms with Gasteiger partial charge in [0.05, 0.1) is 30.9 Å². The number of ether oxygens (including phenoxy) is 2. The highest BCUT2D eigenvalue weighted by Crippen LogP contribution is 2.29. The molecule has 0 saturated heterocycles. The molecular weight excluding hydrogens is 372 g/mol. The van der Waals surface area contributed by atoms with Crippen molar-refractivity contribution in [2.45, 2.75) is 6.42 Å². The molecule has 7 heteroatoms. The van der Waals surface area contributed by atoms with Gasteiger partial charge >= 0.3 is 5.97 Å². The van der Waals surface area contributed by atoms with Gasteiger partial charge in [-0.15, -0.1) is 11.3 Å². The molecule has 0 saturated carbocycles. The molecule has 0 aliphatic heterocycles. The second-order valence-corrected chi connectivity index (χ2v) is 6.57. The van der Waals surface area contributed by atoms with E-state index in [9.17, 15) is 4.79 Å². The maximum absolute atomic E-state index is 12.2. The number of nitrogens with zero attached hydrogens (tertiary/aromatic N) is 2. The molecule has 0 radical (unpaired) electrons. The van der Waals surface area contributed by atoms with Crippen molar-refractivity contribution >= 4 is 28.9 Å². The highest BCUT2D eigenvalue weighted by molar-refractivity contribution is 7.13. The first-order chi connectivity index (χ1) is 12.6. The summed E-state index contributed by atoms with van der Waals surface area (Å²) >= 11 is 7.33. The van der Waals surface area contributed by atoms with E-state index < -0.39 is 5.97 Å². The van der Waals surface area contributed by atoms with Crippen molar-refractivity contribution < 1.29 is 14.3 Å². The van der Waals surface area contributed by atoms with Crippen LogP contribution in [0, 0.1) is 11.3 Å². The third-order valence-electron chi connectivity index (χ3n) is 3.48. The minimum Gasteiger partial charge on any atom is -0.493 e. The van der Waals surface area contributed by atoms with Gasteiger partial charge < -0.3 is 9.47 Å². The van der Waals surface area contributed by atoms with E-state index in [1.165, 1.54) is 30.6 Å². The molecule has 0 unspecified atom stereocenters. The lowest BCUT2D eigenvalue weighted by molar-refractivity contribution is -0.133. The molecule has 26 heavy (non-hydrogen) atoms. The van der Waals surface area contributed by atoms with Crippen molar-refractivity contribution in [1.29, 1.82) is 5.26 Å². The van der Waals surface area contributed by atoms with Crippen LogP contribution in [0.2, 0.25) is 5.02 Å². The fourth-order valence-electron chi connectivity index (χ4n) is 2.24. The summed E-state index contributed by atoms with van der Waals surface area (Å²) in [6, 6.07) is 14.0. The monoisotopic (exact) mass is 384 g/mol. The average Bonchev–Trinajstić information content (AvgIpc) is 3.11. The van der Waals surface area contributed by atoms with Crippen LogP contribution in [-0.2, 0) is 11.2 Å². The van der Waals surface area contributed by atoms with E-state index in [0.29, 0.717) is 22.0 Å². The number of benzene rings is 2. The van der Waals surface area contributed by atoms with Crippen LogP contribution in [0.25, 0.3) is 10.6 Å². The molecule has 130 valence electrons. The molecule has 0 fully saturated rings. The molecule has 3 aromatic rings. The number of nitriles is 1. The van der Waals surface area contributed by atoms with Gasteiger partial charge in [0.25, 0.3) is 0 Å². The Labute approximate surface area is 159 Å². The number of rotatable bonds is 5. The van der Waals surface area contributed by atoms with Crippen LogP contribution in [0.15, 0.2) is 47.8 Å². The zero-order chi connectivity index (χ0) is 18.5. The molecule has 5 nitrogen and oxygen atoms in total. The van der Waals surface area contributed by atoms with Crippen LogP contribution in [0.3, 0.4) is 0 Å². The molecule has 1 heterocycles. The van der Waals surface area contributed by atoms with Crippen LogP contribution in [0.5, 0.6) is 11.5 Å². The predicted molar refractivity (Wildman–Crippen MR) is 99.6 cm³/mol. The molecule has 0 spiro atoms. The number of thiazole rings is 1. The van der Waals surface area contributed by atoms with E-state index in [2.05, 4.69) is 4.98 Å².